The lowest BCUT2D eigenvalue weighted by molar-refractivity contribution is -0.129. The van der Waals surface area contributed by atoms with Crippen LogP contribution in [0.1, 0.15) is 16.7 Å². The maximum atomic E-state index is 12.2. The molecule has 144 valence electrons. The second-order valence-electron chi connectivity index (χ2n) is 6.33. The highest BCUT2D eigenvalue weighted by molar-refractivity contribution is 9.10. The number of nitrogens with zero attached hydrogens (tertiary/aromatic N) is 1. The lowest BCUT2D eigenvalue weighted by atomic mass is 10.2. The third kappa shape index (κ3) is 5.02. The normalized spacial score (nSPS) is 14.6. The second kappa shape index (κ2) is 8.76. The van der Waals surface area contributed by atoms with Crippen molar-refractivity contribution in [3.05, 3.63) is 104 Å². The molecule has 0 aliphatic carbocycles. The Kier molecular flexibility index (Phi) is 5.92. The number of carbonyl (C=O) groups is 1. The van der Waals surface area contributed by atoms with Gasteiger partial charge in [0.25, 0.3) is 0 Å². The number of cyclic esters (lactones) is 1. The van der Waals surface area contributed by atoms with E-state index in [-0.39, 0.29) is 5.70 Å². The lowest BCUT2D eigenvalue weighted by Gasteiger charge is -2.07. The molecule has 4 rings (SSSR count). The number of carbonyl (C=O) groups excluding carboxylic acids is 1. The molecule has 3 aromatic carbocycles. The van der Waals surface area contributed by atoms with Crippen molar-refractivity contribution in [2.45, 2.75) is 6.61 Å². The zero-order chi connectivity index (χ0) is 20.2. The smallest absolute Gasteiger partial charge is 0.363 e. The molecule has 29 heavy (non-hydrogen) atoms. The monoisotopic (exact) mass is 511 g/mol. The van der Waals surface area contributed by atoms with Gasteiger partial charge in [0, 0.05) is 14.5 Å². The Morgan fingerprint density at radius 1 is 0.931 bits per heavy atom. The zero-order valence-corrected chi connectivity index (χ0v) is 18.3. The Balaban J connectivity index is 1.50. The van der Waals surface area contributed by atoms with Gasteiger partial charge in [-0.25, -0.2) is 9.79 Å². The number of benzene rings is 3. The van der Waals surface area contributed by atoms with Crippen molar-refractivity contribution in [2.75, 3.05) is 0 Å². The van der Waals surface area contributed by atoms with Crippen LogP contribution in [-0.4, -0.2) is 11.9 Å². The molecule has 0 atom stereocenters. The molecule has 0 fully saturated rings. The van der Waals surface area contributed by atoms with Gasteiger partial charge in [-0.05, 0) is 65.7 Å². The Bertz CT molecular complexity index is 1100. The Hall–Kier alpha value is -2.70. The number of aliphatic imine (C=N–C) groups is 1. The molecule has 3 aromatic rings. The summed E-state index contributed by atoms with van der Waals surface area (Å²) in [5, 5.41) is 0. The van der Waals surface area contributed by atoms with Crippen molar-refractivity contribution in [1.29, 1.82) is 0 Å². The van der Waals surface area contributed by atoms with Gasteiger partial charge in [0.1, 0.15) is 12.4 Å². The van der Waals surface area contributed by atoms with Gasteiger partial charge in [0.2, 0.25) is 5.90 Å². The van der Waals surface area contributed by atoms with E-state index in [2.05, 4.69) is 36.9 Å². The van der Waals surface area contributed by atoms with Crippen molar-refractivity contribution >= 4 is 49.8 Å². The molecule has 0 spiro atoms. The highest BCUT2D eigenvalue weighted by Gasteiger charge is 2.24. The SMILES string of the molecule is O=C1OC(c2ccc(Br)cc2)=N/C1=C\c1cccc(OCc2ccc(Br)cc2)c1. The Morgan fingerprint density at radius 3 is 2.34 bits per heavy atom. The molecule has 1 aliphatic heterocycles. The van der Waals surface area contributed by atoms with Gasteiger partial charge in [0.05, 0.1) is 0 Å². The molecule has 0 radical (unpaired) electrons. The van der Waals surface area contributed by atoms with E-state index in [1.54, 1.807) is 6.08 Å². The number of rotatable bonds is 5. The highest BCUT2D eigenvalue weighted by atomic mass is 79.9. The second-order valence-corrected chi connectivity index (χ2v) is 8.16. The topological polar surface area (TPSA) is 47.9 Å². The summed E-state index contributed by atoms with van der Waals surface area (Å²) >= 11 is 6.81. The van der Waals surface area contributed by atoms with E-state index in [0.717, 1.165) is 25.6 Å². The molecule has 0 amide bonds. The fourth-order valence-corrected chi connectivity index (χ4v) is 3.25. The third-order valence-electron chi connectivity index (χ3n) is 4.19. The number of esters is 1. The summed E-state index contributed by atoms with van der Waals surface area (Å²) in [5.41, 5.74) is 2.88. The molecule has 6 heteroatoms. The highest BCUT2D eigenvalue weighted by Crippen LogP contribution is 2.23. The van der Waals surface area contributed by atoms with E-state index < -0.39 is 5.97 Å². The molecule has 1 heterocycles. The standard InChI is InChI=1S/C23H15Br2NO3/c24-18-8-4-15(5-9-18)14-28-20-3-1-2-16(12-20)13-21-23(27)29-22(26-21)17-6-10-19(25)11-7-17/h1-13H,14H2/b21-13-. The van der Waals surface area contributed by atoms with Crippen LogP contribution in [0.2, 0.25) is 0 Å². The van der Waals surface area contributed by atoms with E-state index in [1.807, 2.05) is 72.8 Å². The van der Waals surface area contributed by atoms with Crippen LogP contribution in [-0.2, 0) is 16.1 Å². The minimum Gasteiger partial charge on any atom is -0.489 e. The molecule has 0 N–H and O–H groups in total. The van der Waals surface area contributed by atoms with Crippen LogP contribution in [0.3, 0.4) is 0 Å². The fraction of sp³-hybridized carbons (Fsp3) is 0.0435. The summed E-state index contributed by atoms with van der Waals surface area (Å²) in [7, 11) is 0. The average Bonchev–Trinajstić information content (AvgIpc) is 3.09. The van der Waals surface area contributed by atoms with Crippen molar-refractivity contribution < 1.29 is 14.3 Å². The zero-order valence-electron chi connectivity index (χ0n) is 15.1. The Morgan fingerprint density at radius 2 is 1.62 bits per heavy atom. The maximum Gasteiger partial charge on any atom is 0.363 e. The molecule has 0 saturated carbocycles. The van der Waals surface area contributed by atoms with Gasteiger partial charge in [0.15, 0.2) is 5.70 Å². The van der Waals surface area contributed by atoms with Gasteiger partial charge in [-0.1, -0.05) is 56.1 Å². The summed E-state index contributed by atoms with van der Waals surface area (Å²) in [6, 6.07) is 22.9. The van der Waals surface area contributed by atoms with Crippen LogP contribution in [0.15, 0.2) is 92.4 Å². The van der Waals surface area contributed by atoms with E-state index in [4.69, 9.17) is 9.47 Å². The first kappa shape index (κ1) is 19.6. The van der Waals surface area contributed by atoms with Crippen molar-refractivity contribution in [1.82, 2.24) is 0 Å². The van der Waals surface area contributed by atoms with Crippen LogP contribution in [0.5, 0.6) is 5.75 Å². The molecule has 1 aliphatic rings. The summed E-state index contributed by atoms with van der Waals surface area (Å²) in [6.45, 7) is 0.460. The van der Waals surface area contributed by atoms with Crippen LogP contribution in [0, 0.1) is 0 Å². The first-order valence-corrected chi connectivity index (χ1v) is 10.4. The van der Waals surface area contributed by atoms with Crippen LogP contribution < -0.4 is 4.74 Å². The first-order valence-electron chi connectivity index (χ1n) is 8.83. The average molecular weight is 513 g/mol. The predicted octanol–water partition coefficient (Wildman–Crippen LogP) is 6.14. The minimum absolute atomic E-state index is 0.257. The molecule has 0 aromatic heterocycles. The van der Waals surface area contributed by atoms with E-state index in [9.17, 15) is 4.79 Å². The molecule has 0 bridgehead atoms. The molecule has 0 unspecified atom stereocenters. The van der Waals surface area contributed by atoms with E-state index in [1.165, 1.54) is 0 Å². The molecular formula is C23H15Br2NO3. The summed E-state index contributed by atoms with van der Waals surface area (Å²) in [6.07, 6.45) is 1.70. The number of ether oxygens (including phenoxy) is 2. The van der Waals surface area contributed by atoms with Crippen molar-refractivity contribution in [2.24, 2.45) is 4.99 Å². The molecule has 0 saturated heterocycles. The number of hydrogen-bond acceptors (Lipinski definition) is 4. The quantitative estimate of drug-likeness (QED) is 0.305. The van der Waals surface area contributed by atoms with E-state index >= 15 is 0 Å². The predicted molar refractivity (Wildman–Crippen MR) is 120 cm³/mol. The Labute approximate surface area is 185 Å². The number of halogens is 2. The van der Waals surface area contributed by atoms with Gasteiger partial charge >= 0.3 is 5.97 Å². The number of hydrogen-bond donors (Lipinski definition) is 0. The minimum atomic E-state index is -0.468. The summed E-state index contributed by atoms with van der Waals surface area (Å²) < 4.78 is 13.1. The first-order chi connectivity index (χ1) is 14.1. The van der Waals surface area contributed by atoms with Gasteiger partial charge in [-0.2, -0.15) is 0 Å². The van der Waals surface area contributed by atoms with Crippen LogP contribution in [0.25, 0.3) is 6.08 Å². The lowest BCUT2D eigenvalue weighted by Crippen LogP contribution is -2.05. The summed E-state index contributed by atoms with van der Waals surface area (Å²) in [5.74, 6) is 0.547. The fourth-order valence-electron chi connectivity index (χ4n) is 2.72. The van der Waals surface area contributed by atoms with Crippen LogP contribution >= 0.6 is 31.9 Å². The van der Waals surface area contributed by atoms with Crippen molar-refractivity contribution in [3.63, 3.8) is 0 Å². The molecular weight excluding hydrogens is 498 g/mol. The van der Waals surface area contributed by atoms with Gasteiger partial charge in [-0.3, -0.25) is 0 Å². The van der Waals surface area contributed by atoms with E-state index in [0.29, 0.717) is 18.3 Å². The van der Waals surface area contributed by atoms with Crippen LogP contribution in [0.4, 0.5) is 0 Å². The van der Waals surface area contributed by atoms with Gasteiger partial charge < -0.3 is 9.47 Å². The third-order valence-corrected chi connectivity index (χ3v) is 5.25. The maximum absolute atomic E-state index is 12.2. The summed E-state index contributed by atoms with van der Waals surface area (Å²) in [4.78, 5) is 16.5. The largest absolute Gasteiger partial charge is 0.489 e. The van der Waals surface area contributed by atoms with Gasteiger partial charge in [-0.15, -0.1) is 0 Å². The van der Waals surface area contributed by atoms with Crippen molar-refractivity contribution in [3.8, 4) is 5.75 Å². The molecule has 4 nitrogen and oxygen atoms in total.